The Kier molecular flexibility index (Phi) is 5.49. The molecule has 1 aliphatic rings. The van der Waals surface area contributed by atoms with E-state index >= 15 is 0 Å². The fourth-order valence-corrected chi connectivity index (χ4v) is 3.25. The maximum atomic E-state index is 12.8. The number of likely N-dealkylation sites (N-methyl/N-ethyl adjacent to an activating group) is 2. The SMILES string of the molecule is CCN1C[C@@H](CN(C)C(=O)c2cccc(NC(N)=O)c2)Oc2ccccc21. The number of nitrogens with zero attached hydrogens (tertiary/aromatic N) is 2. The number of carbonyl (C=O) groups excluding carboxylic acids is 2. The van der Waals surface area contributed by atoms with Gasteiger partial charge in [0.1, 0.15) is 11.9 Å². The topological polar surface area (TPSA) is 87.9 Å². The third-order valence-corrected chi connectivity index (χ3v) is 4.51. The van der Waals surface area contributed by atoms with Gasteiger partial charge in [-0.05, 0) is 37.3 Å². The van der Waals surface area contributed by atoms with Gasteiger partial charge in [-0.1, -0.05) is 18.2 Å². The molecule has 27 heavy (non-hydrogen) atoms. The summed E-state index contributed by atoms with van der Waals surface area (Å²) in [7, 11) is 1.75. The molecule has 3 amide bonds. The van der Waals surface area contributed by atoms with Crippen LogP contribution in [0.4, 0.5) is 16.2 Å². The van der Waals surface area contributed by atoms with Gasteiger partial charge in [-0.2, -0.15) is 0 Å². The minimum atomic E-state index is -0.665. The van der Waals surface area contributed by atoms with Crippen molar-refractivity contribution in [2.75, 3.05) is 36.9 Å². The van der Waals surface area contributed by atoms with Crippen molar-refractivity contribution in [1.82, 2.24) is 4.90 Å². The first-order valence-electron chi connectivity index (χ1n) is 8.90. The van der Waals surface area contributed by atoms with Gasteiger partial charge in [0.25, 0.3) is 5.91 Å². The number of urea groups is 1. The molecule has 2 aromatic carbocycles. The summed E-state index contributed by atoms with van der Waals surface area (Å²) in [5, 5.41) is 2.48. The van der Waals surface area contributed by atoms with Crippen molar-refractivity contribution in [3.8, 4) is 5.75 Å². The lowest BCUT2D eigenvalue weighted by Gasteiger charge is -2.37. The molecule has 1 heterocycles. The van der Waals surface area contributed by atoms with Crippen molar-refractivity contribution in [3.63, 3.8) is 0 Å². The highest BCUT2D eigenvalue weighted by Crippen LogP contribution is 2.32. The molecule has 0 aliphatic carbocycles. The maximum absolute atomic E-state index is 12.8. The van der Waals surface area contributed by atoms with Gasteiger partial charge in [0.05, 0.1) is 18.8 Å². The predicted molar refractivity (Wildman–Crippen MR) is 105 cm³/mol. The molecule has 0 unspecified atom stereocenters. The Labute approximate surface area is 158 Å². The lowest BCUT2D eigenvalue weighted by atomic mass is 10.1. The molecule has 0 saturated heterocycles. The number of hydrogen-bond donors (Lipinski definition) is 2. The zero-order chi connectivity index (χ0) is 19.4. The second-order valence-electron chi connectivity index (χ2n) is 6.50. The molecule has 2 aromatic rings. The minimum absolute atomic E-state index is 0.124. The van der Waals surface area contributed by atoms with Crippen molar-refractivity contribution in [2.24, 2.45) is 5.73 Å². The smallest absolute Gasteiger partial charge is 0.316 e. The van der Waals surface area contributed by atoms with Crippen LogP contribution in [0, 0.1) is 0 Å². The summed E-state index contributed by atoms with van der Waals surface area (Å²) < 4.78 is 6.09. The Bertz CT molecular complexity index is 839. The highest BCUT2D eigenvalue weighted by Gasteiger charge is 2.27. The number of nitrogens with two attached hydrogens (primary N) is 1. The summed E-state index contributed by atoms with van der Waals surface area (Å²) in [5.41, 5.74) is 7.18. The molecule has 0 bridgehead atoms. The highest BCUT2D eigenvalue weighted by molar-refractivity contribution is 5.96. The van der Waals surface area contributed by atoms with Crippen LogP contribution in [0.5, 0.6) is 5.75 Å². The molecule has 3 N–H and O–H groups in total. The Morgan fingerprint density at radius 2 is 2.04 bits per heavy atom. The normalized spacial score (nSPS) is 15.5. The van der Waals surface area contributed by atoms with E-state index in [-0.39, 0.29) is 12.0 Å². The largest absolute Gasteiger partial charge is 0.485 e. The van der Waals surface area contributed by atoms with Crippen LogP contribution in [0.1, 0.15) is 17.3 Å². The molecule has 3 rings (SSSR count). The van der Waals surface area contributed by atoms with E-state index in [0.717, 1.165) is 18.0 Å². The molecule has 7 heteroatoms. The monoisotopic (exact) mass is 368 g/mol. The predicted octanol–water partition coefficient (Wildman–Crippen LogP) is 2.54. The molecule has 1 atom stereocenters. The summed E-state index contributed by atoms with van der Waals surface area (Å²) in [6.45, 7) is 4.15. The van der Waals surface area contributed by atoms with Gasteiger partial charge in [-0.25, -0.2) is 4.79 Å². The van der Waals surface area contributed by atoms with Gasteiger partial charge in [0.15, 0.2) is 0 Å². The van der Waals surface area contributed by atoms with Crippen molar-refractivity contribution < 1.29 is 14.3 Å². The number of rotatable bonds is 5. The molecular weight excluding hydrogens is 344 g/mol. The van der Waals surface area contributed by atoms with Gasteiger partial charge < -0.3 is 25.6 Å². The number of ether oxygens (including phenoxy) is 1. The Morgan fingerprint density at radius 3 is 2.78 bits per heavy atom. The van der Waals surface area contributed by atoms with Crippen molar-refractivity contribution in [1.29, 1.82) is 0 Å². The second-order valence-corrected chi connectivity index (χ2v) is 6.50. The summed E-state index contributed by atoms with van der Waals surface area (Å²) in [6.07, 6.45) is -0.124. The first kappa shape index (κ1) is 18.6. The highest BCUT2D eigenvalue weighted by atomic mass is 16.5. The van der Waals surface area contributed by atoms with Gasteiger partial charge in [0.2, 0.25) is 0 Å². The summed E-state index contributed by atoms with van der Waals surface area (Å²) in [4.78, 5) is 27.7. The lowest BCUT2D eigenvalue weighted by Crippen LogP contribution is -2.46. The number of amides is 3. The van der Waals surface area contributed by atoms with Crippen LogP contribution in [0.25, 0.3) is 0 Å². The molecule has 142 valence electrons. The third kappa shape index (κ3) is 4.31. The number of anilines is 2. The number of hydrogen-bond acceptors (Lipinski definition) is 4. The average Bonchev–Trinajstić information content (AvgIpc) is 2.66. The van der Waals surface area contributed by atoms with Crippen LogP contribution >= 0.6 is 0 Å². The molecule has 0 radical (unpaired) electrons. The Balaban J connectivity index is 1.69. The minimum Gasteiger partial charge on any atom is -0.485 e. The molecule has 0 spiro atoms. The zero-order valence-electron chi connectivity index (χ0n) is 15.5. The van der Waals surface area contributed by atoms with Crippen LogP contribution in [-0.2, 0) is 0 Å². The third-order valence-electron chi connectivity index (χ3n) is 4.51. The van der Waals surface area contributed by atoms with E-state index in [1.54, 1.807) is 36.2 Å². The molecule has 0 saturated carbocycles. The van der Waals surface area contributed by atoms with Gasteiger partial charge in [0, 0.05) is 24.8 Å². The van der Waals surface area contributed by atoms with Crippen molar-refractivity contribution in [3.05, 3.63) is 54.1 Å². The molecule has 0 aromatic heterocycles. The first-order chi connectivity index (χ1) is 13.0. The lowest BCUT2D eigenvalue weighted by molar-refractivity contribution is 0.0709. The van der Waals surface area contributed by atoms with Crippen molar-refractivity contribution in [2.45, 2.75) is 13.0 Å². The van der Waals surface area contributed by atoms with Crippen LogP contribution in [0.15, 0.2) is 48.5 Å². The fourth-order valence-electron chi connectivity index (χ4n) is 3.25. The number of fused-ring (bicyclic) bond motifs is 1. The standard InChI is InChI=1S/C20H24N4O3/c1-3-24-13-16(27-18-10-5-4-9-17(18)24)12-23(2)19(25)14-7-6-8-15(11-14)22-20(21)26/h4-11,16H,3,12-13H2,1-2H3,(H3,21,22,26)/t16-/m1/s1. The van der Waals surface area contributed by atoms with Crippen LogP contribution in [0.2, 0.25) is 0 Å². The van der Waals surface area contributed by atoms with E-state index < -0.39 is 6.03 Å². The Morgan fingerprint density at radius 1 is 1.26 bits per heavy atom. The average molecular weight is 368 g/mol. The van der Waals surface area contributed by atoms with E-state index in [4.69, 9.17) is 10.5 Å². The molecular formula is C20H24N4O3. The fraction of sp³-hybridized carbons (Fsp3) is 0.300. The van der Waals surface area contributed by atoms with E-state index in [1.165, 1.54) is 0 Å². The van der Waals surface area contributed by atoms with Crippen LogP contribution < -0.4 is 20.7 Å². The summed E-state index contributed by atoms with van der Waals surface area (Å²) in [6, 6.07) is 14.0. The van der Waals surface area contributed by atoms with Gasteiger partial charge in [-0.3, -0.25) is 4.79 Å². The summed E-state index contributed by atoms with van der Waals surface area (Å²) >= 11 is 0. The zero-order valence-corrected chi connectivity index (χ0v) is 15.5. The Hall–Kier alpha value is -3.22. The number of carbonyl (C=O) groups is 2. The number of benzene rings is 2. The maximum Gasteiger partial charge on any atom is 0.316 e. The van der Waals surface area contributed by atoms with Crippen LogP contribution in [0.3, 0.4) is 0 Å². The van der Waals surface area contributed by atoms with Gasteiger partial charge in [-0.15, -0.1) is 0 Å². The van der Waals surface area contributed by atoms with Crippen LogP contribution in [-0.4, -0.2) is 49.6 Å². The summed E-state index contributed by atoms with van der Waals surface area (Å²) in [5.74, 6) is 0.692. The molecule has 7 nitrogen and oxygen atoms in total. The molecule has 1 aliphatic heterocycles. The quantitative estimate of drug-likeness (QED) is 0.849. The van der Waals surface area contributed by atoms with E-state index in [1.807, 2.05) is 24.3 Å². The van der Waals surface area contributed by atoms with Crippen molar-refractivity contribution >= 4 is 23.3 Å². The van der Waals surface area contributed by atoms with E-state index in [0.29, 0.717) is 24.3 Å². The number of para-hydroxylation sites is 2. The van der Waals surface area contributed by atoms with E-state index in [9.17, 15) is 9.59 Å². The number of nitrogens with one attached hydrogen (secondary N) is 1. The van der Waals surface area contributed by atoms with E-state index in [2.05, 4.69) is 17.1 Å². The first-order valence-corrected chi connectivity index (χ1v) is 8.90. The number of primary amides is 1. The van der Waals surface area contributed by atoms with Gasteiger partial charge >= 0.3 is 6.03 Å². The second kappa shape index (κ2) is 7.99. The molecule has 0 fully saturated rings.